The van der Waals surface area contributed by atoms with Crippen LogP contribution in [0.2, 0.25) is 0 Å². The first-order chi connectivity index (χ1) is 20.4. The number of H-pyrrole nitrogens is 1. The van der Waals surface area contributed by atoms with Crippen LogP contribution in [-0.2, 0) is 9.53 Å². The molecule has 0 saturated carbocycles. The molecule has 2 heterocycles. The molecule has 1 amide bonds. The summed E-state index contributed by atoms with van der Waals surface area (Å²) in [6.45, 7) is 3.98. The van der Waals surface area contributed by atoms with Gasteiger partial charge in [-0.25, -0.2) is 10.2 Å². The van der Waals surface area contributed by atoms with Crippen LogP contribution < -0.4 is 20.2 Å². The molecule has 0 aliphatic rings. The van der Waals surface area contributed by atoms with Crippen LogP contribution in [0.25, 0.3) is 22.1 Å². The number of esters is 1. The largest absolute Gasteiger partial charge is 0.490 e. The van der Waals surface area contributed by atoms with Crippen molar-refractivity contribution < 1.29 is 23.8 Å². The second-order valence-electron chi connectivity index (χ2n) is 8.77. The Hall–Kier alpha value is -5.04. The molecule has 42 heavy (non-hydrogen) atoms. The summed E-state index contributed by atoms with van der Waals surface area (Å²) in [6.07, 6.45) is 1.57. The number of nitrogens with one attached hydrogen (secondary N) is 3. The van der Waals surface area contributed by atoms with Gasteiger partial charge in [0.2, 0.25) is 0 Å². The molecule has 13 heteroatoms. The number of hydrogen-bond acceptors (Lipinski definition) is 10. The third-order valence-electron chi connectivity index (χ3n) is 5.86. The van der Waals surface area contributed by atoms with E-state index in [2.05, 4.69) is 51.9 Å². The number of benzene rings is 3. The predicted octanol–water partition coefficient (Wildman–Crippen LogP) is 5.31. The maximum absolute atomic E-state index is 12.5. The van der Waals surface area contributed by atoms with E-state index >= 15 is 0 Å². The maximum Gasteiger partial charge on any atom is 0.338 e. The van der Waals surface area contributed by atoms with Crippen LogP contribution in [0.15, 0.2) is 70.2 Å². The lowest BCUT2D eigenvalue weighted by molar-refractivity contribution is -0.118. The standard InChI is InChI=1S/C29H26BrN7O5/c1-3-40-23-14-17(15-31-36-29-34-27-25(35-37-29)20-7-5-6-8-22(20)33-27)13-21(30)26(23)42-16-24(38)32-19-11-9-18(10-12-19)28(39)41-4-2/h5-15H,3-4,16H2,1-2H3,(H,32,38)(H2,33,34,36,37)/b31-15+. The van der Waals surface area contributed by atoms with E-state index in [9.17, 15) is 9.59 Å². The number of hydrogen-bond donors (Lipinski definition) is 3. The zero-order chi connectivity index (χ0) is 29.5. The summed E-state index contributed by atoms with van der Waals surface area (Å²) in [5.74, 6) is 0.219. The average molecular weight is 632 g/mol. The van der Waals surface area contributed by atoms with Gasteiger partial charge in [0.15, 0.2) is 23.8 Å². The number of aromatic amines is 1. The second-order valence-corrected chi connectivity index (χ2v) is 9.63. The summed E-state index contributed by atoms with van der Waals surface area (Å²) in [4.78, 5) is 32.0. The van der Waals surface area contributed by atoms with E-state index in [0.717, 1.165) is 10.9 Å². The molecule has 0 fully saturated rings. The summed E-state index contributed by atoms with van der Waals surface area (Å²) in [6, 6.07) is 17.7. The lowest BCUT2D eigenvalue weighted by atomic mass is 10.2. The van der Waals surface area contributed by atoms with Gasteiger partial charge in [0.25, 0.3) is 11.9 Å². The zero-order valence-corrected chi connectivity index (χ0v) is 24.3. The molecule has 12 nitrogen and oxygen atoms in total. The summed E-state index contributed by atoms with van der Waals surface area (Å²) < 4.78 is 17.1. The SMILES string of the molecule is CCOC(=O)c1ccc(NC(=O)COc2c(Br)cc(/C=N/Nc3nnc4c(n3)[nH]c3ccccc34)cc2OCC)cc1. The number of ether oxygens (including phenoxy) is 3. The van der Waals surface area contributed by atoms with Gasteiger partial charge < -0.3 is 24.5 Å². The number of aromatic nitrogens is 4. The Labute approximate surface area is 248 Å². The van der Waals surface area contributed by atoms with Gasteiger partial charge in [-0.1, -0.05) is 18.2 Å². The van der Waals surface area contributed by atoms with Gasteiger partial charge in [-0.15, -0.1) is 10.2 Å². The molecule has 0 bridgehead atoms. The van der Waals surface area contributed by atoms with E-state index in [1.165, 1.54) is 0 Å². The molecule has 0 spiro atoms. The highest BCUT2D eigenvalue weighted by molar-refractivity contribution is 9.10. The van der Waals surface area contributed by atoms with Crippen LogP contribution in [0.1, 0.15) is 29.8 Å². The Morgan fingerprint density at radius 2 is 1.83 bits per heavy atom. The van der Waals surface area contributed by atoms with E-state index in [-0.39, 0.29) is 25.1 Å². The molecule has 2 aromatic heterocycles. The quantitative estimate of drug-likeness (QED) is 0.1000. The Balaban J connectivity index is 1.22. The van der Waals surface area contributed by atoms with Crippen LogP contribution in [0.5, 0.6) is 11.5 Å². The molecule has 3 N–H and O–H groups in total. The number of rotatable bonds is 11. The van der Waals surface area contributed by atoms with Crippen molar-refractivity contribution >= 4 is 67.7 Å². The van der Waals surface area contributed by atoms with Crippen molar-refractivity contribution in [2.75, 3.05) is 30.6 Å². The minimum Gasteiger partial charge on any atom is -0.490 e. The molecular weight excluding hydrogens is 606 g/mol. The van der Waals surface area contributed by atoms with Crippen molar-refractivity contribution in [1.29, 1.82) is 0 Å². The lowest BCUT2D eigenvalue weighted by Crippen LogP contribution is -2.20. The van der Waals surface area contributed by atoms with Crippen molar-refractivity contribution in [3.63, 3.8) is 0 Å². The molecule has 0 unspecified atom stereocenters. The molecule has 5 aromatic rings. The minimum absolute atomic E-state index is 0.232. The van der Waals surface area contributed by atoms with Crippen molar-refractivity contribution in [3.8, 4) is 11.5 Å². The Morgan fingerprint density at radius 1 is 1.02 bits per heavy atom. The van der Waals surface area contributed by atoms with Crippen molar-refractivity contribution in [1.82, 2.24) is 20.2 Å². The summed E-state index contributed by atoms with van der Waals surface area (Å²) in [5.41, 5.74) is 6.61. The summed E-state index contributed by atoms with van der Waals surface area (Å²) >= 11 is 3.50. The van der Waals surface area contributed by atoms with Crippen LogP contribution in [0.3, 0.4) is 0 Å². The van der Waals surface area contributed by atoms with Crippen LogP contribution >= 0.6 is 15.9 Å². The van der Waals surface area contributed by atoms with Crippen LogP contribution in [-0.4, -0.2) is 58.1 Å². The third kappa shape index (κ3) is 6.63. The number of carbonyl (C=O) groups is 2. The van der Waals surface area contributed by atoms with Gasteiger partial charge in [0.1, 0.15) is 5.52 Å². The van der Waals surface area contributed by atoms with Gasteiger partial charge >= 0.3 is 5.97 Å². The predicted molar refractivity (Wildman–Crippen MR) is 162 cm³/mol. The first-order valence-electron chi connectivity index (χ1n) is 13.0. The van der Waals surface area contributed by atoms with Gasteiger partial charge in [-0.05, 0) is 77.8 Å². The normalized spacial score (nSPS) is 11.1. The van der Waals surface area contributed by atoms with Gasteiger partial charge in [-0.3, -0.25) is 4.79 Å². The highest BCUT2D eigenvalue weighted by Gasteiger charge is 2.15. The van der Waals surface area contributed by atoms with Crippen molar-refractivity contribution in [3.05, 3.63) is 76.3 Å². The third-order valence-corrected chi connectivity index (χ3v) is 6.45. The van der Waals surface area contributed by atoms with Crippen molar-refractivity contribution in [2.45, 2.75) is 13.8 Å². The smallest absolute Gasteiger partial charge is 0.338 e. The van der Waals surface area contributed by atoms with E-state index in [1.807, 2.05) is 31.2 Å². The van der Waals surface area contributed by atoms with E-state index in [0.29, 0.717) is 50.6 Å². The number of carbonyl (C=O) groups excluding carboxylic acids is 2. The number of halogens is 1. The molecule has 3 aromatic carbocycles. The molecular formula is C29H26BrN7O5. The number of amides is 1. The zero-order valence-electron chi connectivity index (χ0n) is 22.7. The van der Waals surface area contributed by atoms with Crippen LogP contribution in [0, 0.1) is 0 Å². The summed E-state index contributed by atoms with van der Waals surface area (Å²) in [5, 5.41) is 16.3. The first kappa shape index (κ1) is 28.5. The fraction of sp³-hybridized carbons (Fsp3) is 0.172. The molecule has 214 valence electrons. The number of hydrazone groups is 1. The topological polar surface area (TPSA) is 153 Å². The van der Waals surface area contributed by atoms with E-state index in [4.69, 9.17) is 14.2 Å². The Kier molecular flexibility index (Phi) is 8.87. The molecule has 0 saturated heterocycles. The van der Waals surface area contributed by atoms with Crippen molar-refractivity contribution in [2.24, 2.45) is 5.10 Å². The van der Waals surface area contributed by atoms with Gasteiger partial charge in [0, 0.05) is 16.6 Å². The van der Waals surface area contributed by atoms with E-state index in [1.54, 1.807) is 49.5 Å². The highest BCUT2D eigenvalue weighted by Crippen LogP contribution is 2.36. The number of para-hydroxylation sites is 1. The fourth-order valence-corrected chi connectivity index (χ4v) is 4.61. The van der Waals surface area contributed by atoms with Gasteiger partial charge in [-0.2, -0.15) is 10.1 Å². The molecule has 0 atom stereocenters. The monoisotopic (exact) mass is 631 g/mol. The van der Waals surface area contributed by atoms with E-state index < -0.39 is 5.97 Å². The first-order valence-corrected chi connectivity index (χ1v) is 13.8. The molecule has 0 radical (unpaired) electrons. The maximum atomic E-state index is 12.5. The lowest BCUT2D eigenvalue weighted by Gasteiger charge is -2.14. The molecule has 0 aliphatic carbocycles. The number of nitrogens with zero attached hydrogens (tertiary/aromatic N) is 4. The van der Waals surface area contributed by atoms with Gasteiger partial charge in [0.05, 0.1) is 29.5 Å². The van der Waals surface area contributed by atoms with Crippen LogP contribution in [0.4, 0.5) is 11.6 Å². The second kappa shape index (κ2) is 13.1. The highest BCUT2D eigenvalue weighted by atomic mass is 79.9. The average Bonchev–Trinajstić information content (AvgIpc) is 3.35. The minimum atomic E-state index is -0.423. The molecule has 5 rings (SSSR count). The number of anilines is 2. The Bertz CT molecular complexity index is 1770. The Morgan fingerprint density at radius 3 is 2.62 bits per heavy atom. The number of fused-ring (bicyclic) bond motifs is 3. The molecule has 0 aliphatic heterocycles. The fourth-order valence-electron chi connectivity index (χ4n) is 4.04. The summed E-state index contributed by atoms with van der Waals surface area (Å²) in [7, 11) is 0.